The second-order valence-corrected chi connectivity index (χ2v) is 6.74. The van der Waals surface area contributed by atoms with Crippen molar-refractivity contribution < 1.29 is 4.79 Å². The van der Waals surface area contributed by atoms with Gasteiger partial charge < -0.3 is 9.80 Å². The van der Waals surface area contributed by atoms with Gasteiger partial charge in [0.15, 0.2) is 0 Å². The highest BCUT2D eigenvalue weighted by Crippen LogP contribution is 2.34. The molecule has 0 aromatic rings. The van der Waals surface area contributed by atoms with Crippen LogP contribution in [0.1, 0.15) is 45.4 Å². The van der Waals surface area contributed by atoms with E-state index < -0.39 is 0 Å². The number of amides is 2. The summed E-state index contributed by atoms with van der Waals surface area (Å²) in [6, 6.07) is 0.334. The van der Waals surface area contributed by atoms with Gasteiger partial charge >= 0.3 is 6.03 Å². The minimum atomic E-state index is 0.334. The van der Waals surface area contributed by atoms with Crippen molar-refractivity contribution in [3.05, 3.63) is 0 Å². The topological polar surface area (TPSA) is 23.6 Å². The molecule has 3 fully saturated rings. The molecule has 1 saturated heterocycles. The van der Waals surface area contributed by atoms with Crippen LogP contribution in [0.5, 0.6) is 0 Å². The number of carbonyl (C=O) groups excluding carboxylic acids is 1. The summed E-state index contributed by atoms with van der Waals surface area (Å²) in [5, 5.41) is 0. The number of hydrogen-bond donors (Lipinski definition) is 0. The van der Waals surface area contributed by atoms with Gasteiger partial charge in [-0.3, -0.25) is 0 Å². The van der Waals surface area contributed by atoms with E-state index in [1.54, 1.807) is 0 Å². The fourth-order valence-corrected chi connectivity index (χ4v) is 2.85. The van der Waals surface area contributed by atoms with Crippen molar-refractivity contribution >= 4 is 6.03 Å². The van der Waals surface area contributed by atoms with Crippen LogP contribution in [0.2, 0.25) is 0 Å². The molecule has 3 aliphatic rings. The van der Waals surface area contributed by atoms with E-state index in [9.17, 15) is 4.79 Å². The van der Waals surface area contributed by atoms with Gasteiger partial charge in [-0.05, 0) is 56.3 Å². The van der Waals surface area contributed by atoms with Gasteiger partial charge in [0.05, 0.1) is 0 Å². The Morgan fingerprint density at radius 2 is 1.50 bits per heavy atom. The molecule has 3 rings (SSSR count). The average Bonchev–Trinajstić information content (AvgIpc) is 3.23. The molecule has 0 atom stereocenters. The van der Waals surface area contributed by atoms with Gasteiger partial charge in [0.25, 0.3) is 0 Å². The van der Waals surface area contributed by atoms with E-state index in [1.165, 1.54) is 38.5 Å². The quantitative estimate of drug-likeness (QED) is 0.752. The Hall–Kier alpha value is -0.730. The van der Waals surface area contributed by atoms with Crippen molar-refractivity contribution in [2.75, 3.05) is 26.2 Å². The molecule has 0 radical (unpaired) electrons. The molecule has 1 heterocycles. The summed E-state index contributed by atoms with van der Waals surface area (Å²) in [5.74, 6) is 2.43. The predicted molar refractivity (Wildman–Crippen MR) is 72.4 cm³/mol. The first kappa shape index (κ1) is 12.3. The molecule has 0 spiro atoms. The van der Waals surface area contributed by atoms with E-state index in [-0.39, 0.29) is 0 Å². The zero-order valence-corrected chi connectivity index (χ0v) is 11.6. The molecular formula is C15H26N2O. The van der Waals surface area contributed by atoms with Crippen LogP contribution < -0.4 is 0 Å². The summed E-state index contributed by atoms with van der Waals surface area (Å²) in [6.45, 7) is 6.31. The molecule has 2 saturated carbocycles. The van der Waals surface area contributed by atoms with Crippen LogP contribution in [0.15, 0.2) is 0 Å². The van der Waals surface area contributed by atoms with Crippen molar-refractivity contribution in [2.45, 2.75) is 45.4 Å². The highest BCUT2D eigenvalue weighted by Gasteiger charge is 2.33. The molecule has 0 N–H and O–H groups in total. The molecule has 0 aromatic carbocycles. The van der Waals surface area contributed by atoms with E-state index in [4.69, 9.17) is 0 Å². The van der Waals surface area contributed by atoms with E-state index >= 15 is 0 Å². The number of piperidine rings is 1. The molecule has 102 valence electrons. The van der Waals surface area contributed by atoms with Gasteiger partial charge in [0.2, 0.25) is 0 Å². The Kier molecular flexibility index (Phi) is 3.49. The van der Waals surface area contributed by atoms with Crippen LogP contribution in [0.4, 0.5) is 4.79 Å². The third-order valence-corrected chi connectivity index (χ3v) is 4.68. The highest BCUT2D eigenvalue weighted by atomic mass is 16.2. The summed E-state index contributed by atoms with van der Waals surface area (Å²) >= 11 is 0. The van der Waals surface area contributed by atoms with E-state index in [0.29, 0.717) is 6.03 Å². The smallest absolute Gasteiger partial charge is 0.320 e. The maximum Gasteiger partial charge on any atom is 0.320 e. The summed E-state index contributed by atoms with van der Waals surface area (Å²) in [6.07, 6.45) is 7.73. The van der Waals surface area contributed by atoms with Crippen LogP contribution in [0, 0.1) is 17.8 Å². The minimum Gasteiger partial charge on any atom is -0.325 e. The normalized spacial score (nSPS) is 25.3. The van der Waals surface area contributed by atoms with Gasteiger partial charge in [-0.1, -0.05) is 6.92 Å². The second kappa shape index (κ2) is 5.10. The lowest BCUT2D eigenvalue weighted by atomic mass is 9.99. The zero-order chi connectivity index (χ0) is 12.5. The Morgan fingerprint density at radius 3 is 1.94 bits per heavy atom. The highest BCUT2D eigenvalue weighted by molar-refractivity contribution is 5.74. The molecule has 0 aromatic heterocycles. The lowest BCUT2D eigenvalue weighted by Crippen LogP contribution is -2.47. The van der Waals surface area contributed by atoms with Gasteiger partial charge in [0, 0.05) is 26.2 Å². The van der Waals surface area contributed by atoms with Crippen molar-refractivity contribution in [2.24, 2.45) is 17.8 Å². The summed E-state index contributed by atoms with van der Waals surface area (Å²) in [7, 11) is 0. The van der Waals surface area contributed by atoms with Crippen LogP contribution in [0.25, 0.3) is 0 Å². The Morgan fingerprint density at radius 1 is 1.00 bits per heavy atom. The van der Waals surface area contributed by atoms with Gasteiger partial charge in [-0.25, -0.2) is 4.79 Å². The summed E-state index contributed by atoms with van der Waals surface area (Å²) in [4.78, 5) is 16.9. The monoisotopic (exact) mass is 250 g/mol. The zero-order valence-electron chi connectivity index (χ0n) is 11.6. The van der Waals surface area contributed by atoms with Crippen molar-refractivity contribution in [1.29, 1.82) is 0 Å². The first-order valence-corrected chi connectivity index (χ1v) is 7.76. The van der Waals surface area contributed by atoms with Crippen LogP contribution in [-0.4, -0.2) is 42.0 Å². The third kappa shape index (κ3) is 3.18. The molecule has 1 aliphatic heterocycles. The SMILES string of the molecule is CC1CCN(C(=O)N(CC2CC2)CC2CC2)CC1. The third-order valence-electron chi connectivity index (χ3n) is 4.68. The molecule has 3 heteroatoms. The van der Waals surface area contributed by atoms with Crippen LogP contribution in [-0.2, 0) is 0 Å². The van der Waals surface area contributed by atoms with Crippen LogP contribution >= 0.6 is 0 Å². The van der Waals surface area contributed by atoms with Gasteiger partial charge in [0.1, 0.15) is 0 Å². The molecule has 3 nitrogen and oxygen atoms in total. The molecule has 2 aliphatic carbocycles. The summed E-state index contributed by atoms with van der Waals surface area (Å²) in [5.41, 5.74) is 0. The van der Waals surface area contributed by atoms with Crippen molar-refractivity contribution in [3.63, 3.8) is 0 Å². The second-order valence-electron chi connectivity index (χ2n) is 6.74. The maximum absolute atomic E-state index is 12.6. The number of rotatable bonds is 4. The largest absolute Gasteiger partial charge is 0.325 e. The number of likely N-dealkylation sites (tertiary alicyclic amines) is 1. The summed E-state index contributed by atoms with van der Waals surface area (Å²) < 4.78 is 0. The number of carbonyl (C=O) groups is 1. The standard InChI is InChI=1S/C15H26N2O/c1-12-6-8-16(9-7-12)15(18)17(10-13-2-3-13)11-14-4-5-14/h12-14H,2-11H2,1H3. The fraction of sp³-hybridized carbons (Fsp3) is 0.933. The van der Waals surface area contributed by atoms with E-state index in [1.807, 2.05) is 0 Å². The van der Waals surface area contributed by atoms with Crippen LogP contribution in [0.3, 0.4) is 0 Å². The van der Waals surface area contributed by atoms with Gasteiger partial charge in [-0.2, -0.15) is 0 Å². The average molecular weight is 250 g/mol. The van der Waals surface area contributed by atoms with Crippen molar-refractivity contribution in [1.82, 2.24) is 9.80 Å². The lowest BCUT2D eigenvalue weighted by Gasteiger charge is -2.35. The van der Waals surface area contributed by atoms with E-state index in [0.717, 1.165) is 43.9 Å². The van der Waals surface area contributed by atoms with Crippen molar-refractivity contribution in [3.8, 4) is 0 Å². The first-order chi connectivity index (χ1) is 8.72. The predicted octanol–water partition coefficient (Wildman–Crippen LogP) is 2.96. The Bertz CT molecular complexity index is 288. The molecule has 0 bridgehead atoms. The molecule has 18 heavy (non-hydrogen) atoms. The molecular weight excluding hydrogens is 224 g/mol. The Balaban J connectivity index is 1.55. The number of hydrogen-bond acceptors (Lipinski definition) is 1. The Labute approximate surface area is 111 Å². The maximum atomic E-state index is 12.6. The minimum absolute atomic E-state index is 0.334. The van der Waals surface area contributed by atoms with Gasteiger partial charge in [-0.15, -0.1) is 0 Å². The number of nitrogens with zero attached hydrogens (tertiary/aromatic N) is 2. The fourth-order valence-electron chi connectivity index (χ4n) is 2.85. The number of urea groups is 1. The first-order valence-electron chi connectivity index (χ1n) is 7.76. The molecule has 0 unspecified atom stereocenters. The molecule has 2 amide bonds. The lowest BCUT2D eigenvalue weighted by molar-refractivity contribution is 0.131. The van der Waals surface area contributed by atoms with E-state index in [2.05, 4.69) is 16.7 Å².